The summed E-state index contributed by atoms with van der Waals surface area (Å²) < 4.78 is 7.33. The smallest absolute Gasteiger partial charge is 0.341 e. The quantitative estimate of drug-likeness (QED) is 0.515. The van der Waals surface area contributed by atoms with E-state index in [-0.39, 0.29) is 17.9 Å². The fraction of sp³-hybridized carbons (Fsp3) is 0.118. The minimum absolute atomic E-state index is 0.0134. The molecule has 0 aliphatic heterocycles. The number of fused-ring (bicyclic) bond motifs is 1. The van der Waals surface area contributed by atoms with Crippen molar-refractivity contribution in [1.82, 2.24) is 9.38 Å². The van der Waals surface area contributed by atoms with Gasteiger partial charge < -0.3 is 15.2 Å². The van der Waals surface area contributed by atoms with Crippen molar-refractivity contribution < 1.29 is 19.4 Å². The normalized spacial score (nSPS) is 10.6. The zero-order valence-corrected chi connectivity index (χ0v) is 14.8. The average molecular weight is 404 g/mol. The van der Waals surface area contributed by atoms with Gasteiger partial charge in [-0.2, -0.15) is 0 Å². The highest BCUT2D eigenvalue weighted by Crippen LogP contribution is 2.23. The molecule has 2 heterocycles. The number of phenolic OH excluding ortho intramolecular Hbond substituents is 1. The summed E-state index contributed by atoms with van der Waals surface area (Å²) >= 11 is 3.36. The molecule has 8 heteroatoms. The molecule has 25 heavy (non-hydrogen) atoms. The van der Waals surface area contributed by atoms with E-state index in [1.807, 2.05) is 6.07 Å². The van der Waals surface area contributed by atoms with Crippen LogP contribution in [0.4, 0.5) is 5.69 Å². The monoisotopic (exact) mass is 403 g/mol. The lowest BCUT2D eigenvalue weighted by Gasteiger charge is -2.09. The van der Waals surface area contributed by atoms with Crippen LogP contribution < -0.4 is 5.32 Å². The number of phenols is 1. The minimum atomic E-state index is -0.658. The van der Waals surface area contributed by atoms with Gasteiger partial charge in [-0.1, -0.05) is 0 Å². The molecule has 3 rings (SSSR count). The van der Waals surface area contributed by atoms with Crippen LogP contribution in [0.3, 0.4) is 0 Å². The molecule has 0 unspecified atom stereocenters. The summed E-state index contributed by atoms with van der Waals surface area (Å²) in [5, 5.41) is 12.5. The van der Waals surface area contributed by atoms with Crippen molar-refractivity contribution >= 4 is 39.1 Å². The molecule has 0 radical (unpaired) electrons. The second-order valence-electron chi connectivity index (χ2n) is 5.13. The molecule has 2 aromatic heterocycles. The number of benzene rings is 1. The van der Waals surface area contributed by atoms with Crippen molar-refractivity contribution in [2.45, 2.75) is 6.92 Å². The number of anilines is 1. The van der Waals surface area contributed by atoms with Crippen LogP contribution in [0, 0.1) is 0 Å². The van der Waals surface area contributed by atoms with Gasteiger partial charge in [0.25, 0.3) is 5.91 Å². The fourth-order valence-corrected chi connectivity index (χ4v) is 2.64. The minimum Gasteiger partial charge on any atom is -0.507 e. The van der Waals surface area contributed by atoms with Gasteiger partial charge in [-0.3, -0.25) is 9.20 Å². The Bertz CT molecular complexity index is 968. The van der Waals surface area contributed by atoms with E-state index in [0.717, 1.165) is 4.47 Å². The maximum Gasteiger partial charge on any atom is 0.341 e. The van der Waals surface area contributed by atoms with Crippen LogP contribution in [-0.2, 0) is 4.74 Å². The van der Waals surface area contributed by atoms with Crippen molar-refractivity contribution in [3.8, 4) is 5.75 Å². The zero-order valence-electron chi connectivity index (χ0n) is 13.2. The molecule has 0 spiro atoms. The second kappa shape index (κ2) is 6.94. The van der Waals surface area contributed by atoms with Crippen LogP contribution in [-0.4, -0.2) is 33.0 Å². The maximum atomic E-state index is 12.5. The van der Waals surface area contributed by atoms with Gasteiger partial charge >= 0.3 is 5.97 Å². The zero-order chi connectivity index (χ0) is 18.0. The number of aromatic nitrogens is 2. The molecule has 0 aliphatic carbocycles. The second-order valence-corrected chi connectivity index (χ2v) is 6.04. The van der Waals surface area contributed by atoms with Gasteiger partial charge in [0, 0.05) is 16.4 Å². The number of amides is 1. The van der Waals surface area contributed by atoms with Crippen molar-refractivity contribution in [3.63, 3.8) is 0 Å². The number of halogens is 1. The Hall–Kier alpha value is -2.87. The molecule has 3 aromatic rings. The third-order valence-electron chi connectivity index (χ3n) is 3.45. The first-order valence-electron chi connectivity index (χ1n) is 7.43. The van der Waals surface area contributed by atoms with Crippen molar-refractivity contribution in [2.24, 2.45) is 0 Å². The van der Waals surface area contributed by atoms with Crippen molar-refractivity contribution in [3.05, 3.63) is 58.5 Å². The van der Waals surface area contributed by atoms with E-state index in [0.29, 0.717) is 17.0 Å². The molecule has 0 aliphatic rings. The number of carbonyl (C=O) groups excluding carboxylic acids is 2. The molecule has 0 saturated carbocycles. The van der Waals surface area contributed by atoms with Gasteiger partial charge in [-0.15, -0.1) is 0 Å². The summed E-state index contributed by atoms with van der Waals surface area (Å²) in [5.41, 5.74) is 1.31. The van der Waals surface area contributed by atoms with Crippen molar-refractivity contribution in [2.75, 3.05) is 11.9 Å². The Labute approximate surface area is 151 Å². The number of imidazole rings is 1. The van der Waals surface area contributed by atoms with Gasteiger partial charge in [-0.05, 0) is 53.2 Å². The number of esters is 1. The number of aromatic hydroxyl groups is 1. The molecule has 0 atom stereocenters. The standard InChI is InChI=1S/C17H14BrN3O4/c1-2-25-17(24)12-7-11(4-5-14(12)22)20-16(23)13-8-19-15-6-3-10(18)9-21(13)15/h3-9,22H,2H2,1H3,(H,20,23). The molecule has 2 N–H and O–H groups in total. The SMILES string of the molecule is CCOC(=O)c1cc(NC(=O)c2cnc3ccc(Br)cn23)ccc1O. The van der Waals surface area contributed by atoms with Crippen LogP contribution in [0.2, 0.25) is 0 Å². The van der Waals surface area contributed by atoms with E-state index in [4.69, 9.17) is 4.74 Å². The summed E-state index contributed by atoms with van der Waals surface area (Å²) in [6.07, 6.45) is 3.20. The summed E-state index contributed by atoms with van der Waals surface area (Å²) in [7, 11) is 0. The molecule has 7 nitrogen and oxygen atoms in total. The number of hydrogen-bond donors (Lipinski definition) is 2. The molecule has 0 saturated heterocycles. The predicted octanol–water partition coefficient (Wildman–Crippen LogP) is 3.23. The lowest BCUT2D eigenvalue weighted by atomic mass is 10.1. The van der Waals surface area contributed by atoms with E-state index in [1.54, 1.807) is 23.6 Å². The van der Waals surface area contributed by atoms with Gasteiger partial charge in [-0.25, -0.2) is 9.78 Å². The van der Waals surface area contributed by atoms with Crippen LogP contribution in [0.1, 0.15) is 27.8 Å². The summed E-state index contributed by atoms with van der Waals surface area (Å²) in [6, 6.07) is 7.79. The van der Waals surface area contributed by atoms with Crippen LogP contribution in [0.25, 0.3) is 5.65 Å². The van der Waals surface area contributed by atoms with Crippen LogP contribution in [0.15, 0.2) is 47.2 Å². The number of nitrogens with one attached hydrogen (secondary N) is 1. The number of carbonyl (C=O) groups is 2. The first-order valence-corrected chi connectivity index (χ1v) is 8.23. The summed E-state index contributed by atoms with van der Waals surface area (Å²) in [4.78, 5) is 28.5. The molecule has 0 bridgehead atoms. The topological polar surface area (TPSA) is 92.9 Å². The molecular weight excluding hydrogens is 390 g/mol. The molecule has 0 fully saturated rings. The first-order chi connectivity index (χ1) is 12.0. The largest absolute Gasteiger partial charge is 0.507 e. The highest BCUT2D eigenvalue weighted by atomic mass is 79.9. The van der Waals surface area contributed by atoms with E-state index >= 15 is 0 Å². The third-order valence-corrected chi connectivity index (χ3v) is 3.92. The average Bonchev–Trinajstić information content (AvgIpc) is 2.99. The lowest BCUT2D eigenvalue weighted by molar-refractivity contribution is 0.0523. The highest BCUT2D eigenvalue weighted by Gasteiger charge is 2.16. The summed E-state index contributed by atoms with van der Waals surface area (Å²) in [5.74, 6) is -1.27. The predicted molar refractivity (Wildman–Crippen MR) is 94.9 cm³/mol. The Balaban J connectivity index is 1.89. The lowest BCUT2D eigenvalue weighted by Crippen LogP contribution is -2.15. The Morgan fingerprint density at radius 3 is 2.88 bits per heavy atom. The molecule has 1 amide bonds. The fourth-order valence-electron chi connectivity index (χ4n) is 2.30. The van der Waals surface area contributed by atoms with E-state index in [2.05, 4.69) is 26.2 Å². The number of rotatable bonds is 4. The van der Waals surface area contributed by atoms with Gasteiger partial charge in [0.1, 0.15) is 22.7 Å². The third kappa shape index (κ3) is 3.48. The first kappa shape index (κ1) is 17.0. The Morgan fingerprint density at radius 2 is 2.12 bits per heavy atom. The Kier molecular flexibility index (Phi) is 4.71. The molecule has 1 aromatic carbocycles. The number of nitrogens with zero attached hydrogens (tertiary/aromatic N) is 2. The number of ether oxygens (including phenoxy) is 1. The molecular formula is C17H14BrN3O4. The van der Waals surface area contributed by atoms with E-state index < -0.39 is 11.9 Å². The van der Waals surface area contributed by atoms with Crippen LogP contribution in [0.5, 0.6) is 5.75 Å². The van der Waals surface area contributed by atoms with E-state index in [9.17, 15) is 14.7 Å². The highest BCUT2D eigenvalue weighted by molar-refractivity contribution is 9.10. The maximum absolute atomic E-state index is 12.5. The number of pyridine rings is 1. The number of hydrogen-bond acceptors (Lipinski definition) is 5. The van der Waals surface area contributed by atoms with Crippen LogP contribution >= 0.6 is 15.9 Å². The summed E-state index contributed by atoms with van der Waals surface area (Å²) in [6.45, 7) is 1.86. The van der Waals surface area contributed by atoms with Gasteiger partial charge in [0.2, 0.25) is 0 Å². The van der Waals surface area contributed by atoms with Crippen molar-refractivity contribution in [1.29, 1.82) is 0 Å². The van der Waals surface area contributed by atoms with E-state index in [1.165, 1.54) is 24.4 Å². The molecule has 128 valence electrons. The van der Waals surface area contributed by atoms with Gasteiger partial charge in [0.05, 0.1) is 12.8 Å². The Morgan fingerprint density at radius 1 is 1.32 bits per heavy atom. The van der Waals surface area contributed by atoms with Gasteiger partial charge in [0.15, 0.2) is 0 Å².